The molecule has 0 amide bonds. The molecule has 0 saturated carbocycles. The summed E-state index contributed by atoms with van der Waals surface area (Å²) >= 11 is 0. The van der Waals surface area contributed by atoms with Gasteiger partial charge in [-0.3, -0.25) is 4.90 Å². The number of piperazine rings is 1. The molecule has 1 aliphatic heterocycles. The SMILES string of the molecule is COc1cccc(F)c1C(C)N1CCNC(C)C1. The highest BCUT2D eigenvalue weighted by Crippen LogP contribution is 2.31. The van der Waals surface area contributed by atoms with Crippen molar-refractivity contribution in [2.75, 3.05) is 26.7 Å². The van der Waals surface area contributed by atoms with Crippen molar-refractivity contribution >= 4 is 0 Å². The summed E-state index contributed by atoms with van der Waals surface area (Å²) in [5, 5.41) is 3.39. The molecule has 1 fully saturated rings. The van der Waals surface area contributed by atoms with Crippen LogP contribution in [0.15, 0.2) is 18.2 Å². The highest BCUT2D eigenvalue weighted by Gasteiger charge is 2.25. The second kappa shape index (κ2) is 5.67. The molecular weight excluding hydrogens is 231 g/mol. The molecule has 3 nitrogen and oxygen atoms in total. The lowest BCUT2D eigenvalue weighted by Crippen LogP contribution is -2.49. The van der Waals surface area contributed by atoms with Crippen molar-refractivity contribution in [1.29, 1.82) is 0 Å². The largest absolute Gasteiger partial charge is 0.496 e. The maximum Gasteiger partial charge on any atom is 0.131 e. The molecular formula is C14H21FN2O. The molecule has 1 aromatic rings. The van der Waals surface area contributed by atoms with E-state index in [1.807, 2.05) is 13.0 Å². The molecule has 1 aliphatic rings. The molecule has 4 heteroatoms. The summed E-state index contributed by atoms with van der Waals surface area (Å²) in [6.45, 7) is 7.00. The molecule has 1 N–H and O–H groups in total. The molecule has 1 heterocycles. The van der Waals surface area contributed by atoms with Crippen LogP contribution in [-0.2, 0) is 0 Å². The van der Waals surface area contributed by atoms with E-state index in [2.05, 4.69) is 17.1 Å². The Morgan fingerprint density at radius 2 is 2.28 bits per heavy atom. The van der Waals surface area contributed by atoms with Crippen molar-refractivity contribution in [3.63, 3.8) is 0 Å². The average Bonchev–Trinajstić information content (AvgIpc) is 2.37. The average molecular weight is 252 g/mol. The van der Waals surface area contributed by atoms with Crippen molar-refractivity contribution in [2.45, 2.75) is 25.9 Å². The Bertz CT molecular complexity index is 411. The van der Waals surface area contributed by atoms with E-state index < -0.39 is 0 Å². The Morgan fingerprint density at radius 3 is 2.94 bits per heavy atom. The van der Waals surface area contributed by atoms with Gasteiger partial charge in [-0.1, -0.05) is 6.07 Å². The minimum atomic E-state index is -0.187. The van der Waals surface area contributed by atoms with E-state index in [9.17, 15) is 4.39 Å². The van der Waals surface area contributed by atoms with Crippen LogP contribution in [0, 0.1) is 5.82 Å². The normalized spacial score (nSPS) is 22.8. The number of nitrogens with zero attached hydrogens (tertiary/aromatic N) is 1. The van der Waals surface area contributed by atoms with E-state index in [0.29, 0.717) is 17.4 Å². The first-order valence-corrected chi connectivity index (χ1v) is 6.43. The van der Waals surface area contributed by atoms with E-state index in [-0.39, 0.29) is 11.9 Å². The van der Waals surface area contributed by atoms with Crippen LogP contribution in [0.2, 0.25) is 0 Å². The van der Waals surface area contributed by atoms with Gasteiger partial charge in [-0.15, -0.1) is 0 Å². The van der Waals surface area contributed by atoms with Gasteiger partial charge in [-0.2, -0.15) is 0 Å². The molecule has 18 heavy (non-hydrogen) atoms. The third-order valence-corrected chi connectivity index (χ3v) is 3.60. The monoisotopic (exact) mass is 252 g/mol. The van der Waals surface area contributed by atoms with Crippen LogP contribution in [0.4, 0.5) is 4.39 Å². The molecule has 2 unspecified atom stereocenters. The number of benzene rings is 1. The zero-order chi connectivity index (χ0) is 13.1. The molecule has 2 rings (SSSR count). The van der Waals surface area contributed by atoms with Gasteiger partial charge in [-0.25, -0.2) is 4.39 Å². The van der Waals surface area contributed by atoms with Gasteiger partial charge in [0.2, 0.25) is 0 Å². The Hall–Kier alpha value is -1.13. The van der Waals surface area contributed by atoms with E-state index in [1.54, 1.807) is 13.2 Å². The predicted octanol–water partition coefficient (Wildman–Crippen LogP) is 2.19. The summed E-state index contributed by atoms with van der Waals surface area (Å²) in [4.78, 5) is 2.29. The van der Waals surface area contributed by atoms with Crippen LogP contribution in [0.5, 0.6) is 5.75 Å². The number of methoxy groups -OCH3 is 1. The zero-order valence-electron chi connectivity index (χ0n) is 11.2. The Labute approximate surface area is 108 Å². The fourth-order valence-corrected chi connectivity index (χ4v) is 2.60. The number of nitrogens with one attached hydrogen (secondary N) is 1. The predicted molar refractivity (Wildman–Crippen MR) is 70.4 cm³/mol. The van der Waals surface area contributed by atoms with Gasteiger partial charge in [0.15, 0.2) is 0 Å². The fraction of sp³-hybridized carbons (Fsp3) is 0.571. The third-order valence-electron chi connectivity index (χ3n) is 3.60. The minimum absolute atomic E-state index is 0.0331. The summed E-state index contributed by atoms with van der Waals surface area (Å²) in [5.41, 5.74) is 0.661. The van der Waals surface area contributed by atoms with Gasteiger partial charge >= 0.3 is 0 Å². The van der Waals surface area contributed by atoms with Crippen LogP contribution in [-0.4, -0.2) is 37.7 Å². The summed E-state index contributed by atoms with van der Waals surface area (Å²) in [6.07, 6.45) is 0. The first-order chi connectivity index (χ1) is 8.63. The fourth-order valence-electron chi connectivity index (χ4n) is 2.60. The van der Waals surface area contributed by atoms with Crippen molar-refractivity contribution in [2.24, 2.45) is 0 Å². The van der Waals surface area contributed by atoms with E-state index in [4.69, 9.17) is 4.74 Å². The molecule has 1 aromatic carbocycles. The lowest BCUT2D eigenvalue weighted by Gasteiger charge is -2.36. The first-order valence-electron chi connectivity index (χ1n) is 6.43. The molecule has 0 radical (unpaired) electrons. The van der Waals surface area contributed by atoms with Gasteiger partial charge in [0.05, 0.1) is 7.11 Å². The highest BCUT2D eigenvalue weighted by atomic mass is 19.1. The zero-order valence-corrected chi connectivity index (χ0v) is 11.2. The maximum absolute atomic E-state index is 14.0. The molecule has 0 aliphatic carbocycles. The number of ether oxygens (including phenoxy) is 1. The van der Waals surface area contributed by atoms with Crippen LogP contribution in [0.3, 0.4) is 0 Å². The van der Waals surface area contributed by atoms with Crippen molar-refractivity contribution < 1.29 is 9.13 Å². The molecule has 1 saturated heterocycles. The van der Waals surface area contributed by atoms with Crippen molar-refractivity contribution in [1.82, 2.24) is 10.2 Å². The van der Waals surface area contributed by atoms with Crippen molar-refractivity contribution in [3.05, 3.63) is 29.6 Å². The lowest BCUT2D eigenvalue weighted by molar-refractivity contribution is 0.154. The Balaban J connectivity index is 2.24. The van der Waals surface area contributed by atoms with Gasteiger partial charge < -0.3 is 10.1 Å². The number of rotatable bonds is 3. The minimum Gasteiger partial charge on any atom is -0.496 e. The topological polar surface area (TPSA) is 24.5 Å². The summed E-state index contributed by atoms with van der Waals surface area (Å²) in [6, 6.07) is 5.48. The lowest BCUT2D eigenvalue weighted by atomic mass is 10.0. The van der Waals surface area contributed by atoms with Gasteiger partial charge in [0.1, 0.15) is 11.6 Å². The quantitative estimate of drug-likeness (QED) is 0.892. The van der Waals surface area contributed by atoms with E-state index >= 15 is 0 Å². The molecule has 0 aromatic heterocycles. The van der Waals surface area contributed by atoms with Crippen LogP contribution < -0.4 is 10.1 Å². The Kier molecular flexibility index (Phi) is 4.19. The Morgan fingerprint density at radius 1 is 1.50 bits per heavy atom. The second-order valence-electron chi connectivity index (χ2n) is 4.88. The van der Waals surface area contributed by atoms with Crippen LogP contribution in [0.25, 0.3) is 0 Å². The molecule has 100 valence electrons. The van der Waals surface area contributed by atoms with Gasteiger partial charge in [-0.05, 0) is 26.0 Å². The second-order valence-corrected chi connectivity index (χ2v) is 4.88. The number of halogens is 1. The van der Waals surface area contributed by atoms with E-state index in [0.717, 1.165) is 19.6 Å². The smallest absolute Gasteiger partial charge is 0.131 e. The van der Waals surface area contributed by atoms with Crippen LogP contribution in [0.1, 0.15) is 25.5 Å². The first kappa shape index (κ1) is 13.3. The summed E-state index contributed by atoms with van der Waals surface area (Å²) in [5.74, 6) is 0.446. The van der Waals surface area contributed by atoms with Gasteiger partial charge in [0.25, 0.3) is 0 Å². The van der Waals surface area contributed by atoms with Gasteiger partial charge in [0, 0.05) is 37.3 Å². The molecule has 0 spiro atoms. The van der Waals surface area contributed by atoms with E-state index in [1.165, 1.54) is 6.07 Å². The summed E-state index contributed by atoms with van der Waals surface area (Å²) in [7, 11) is 1.59. The molecule has 2 atom stereocenters. The van der Waals surface area contributed by atoms with Crippen LogP contribution >= 0.6 is 0 Å². The number of hydrogen-bond donors (Lipinski definition) is 1. The standard InChI is InChI=1S/C14H21FN2O/c1-10-9-17(8-7-16-10)11(2)14-12(15)5-4-6-13(14)18-3/h4-6,10-11,16H,7-9H2,1-3H3. The highest BCUT2D eigenvalue weighted by molar-refractivity contribution is 5.37. The summed E-state index contributed by atoms with van der Waals surface area (Å²) < 4.78 is 19.3. The third kappa shape index (κ3) is 2.65. The number of hydrogen-bond acceptors (Lipinski definition) is 3. The maximum atomic E-state index is 14.0. The van der Waals surface area contributed by atoms with Crippen molar-refractivity contribution in [3.8, 4) is 5.75 Å². The molecule has 0 bridgehead atoms.